The highest BCUT2D eigenvalue weighted by molar-refractivity contribution is 5.79. The molecule has 5 nitrogen and oxygen atoms in total. The maximum absolute atomic E-state index is 5.56. The number of H-pyrrole nitrogens is 1. The summed E-state index contributed by atoms with van der Waals surface area (Å²) in [5.74, 6) is 0.974. The van der Waals surface area contributed by atoms with Crippen LogP contribution in [0.1, 0.15) is 35.7 Å². The number of anilines is 1. The van der Waals surface area contributed by atoms with E-state index in [0.717, 1.165) is 29.6 Å². The Bertz CT molecular complexity index is 1030. The molecule has 1 unspecified atom stereocenters. The molecule has 0 bridgehead atoms. The lowest BCUT2D eigenvalue weighted by Crippen LogP contribution is -2.30. The van der Waals surface area contributed by atoms with E-state index in [1.54, 1.807) is 7.11 Å². The molecule has 0 saturated carbocycles. The van der Waals surface area contributed by atoms with Gasteiger partial charge in [0.15, 0.2) is 0 Å². The molecule has 138 valence electrons. The number of nitrogens with zero attached hydrogens (tertiary/aromatic N) is 3. The molecule has 0 radical (unpaired) electrons. The van der Waals surface area contributed by atoms with Crippen molar-refractivity contribution in [3.05, 3.63) is 65.1 Å². The minimum Gasteiger partial charge on any atom is -0.496 e. The average molecular weight is 360 g/mol. The van der Waals surface area contributed by atoms with Gasteiger partial charge in [-0.25, -0.2) is 0 Å². The van der Waals surface area contributed by atoms with Crippen LogP contribution in [-0.4, -0.2) is 28.8 Å². The van der Waals surface area contributed by atoms with Gasteiger partial charge in [0.2, 0.25) is 0 Å². The van der Waals surface area contributed by atoms with E-state index in [1.807, 2.05) is 6.20 Å². The van der Waals surface area contributed by atoms with E-state index in [2.05, 4.69) is 70.4 Å². The first-order valence-corrected chi connectivity index (χ1v) is 9.49. The molecule has 1 fully saturated rings. The zero-order valence-corrected chi connectivity index (χ0v) is 16.0. The Morgan fingerprint density at radius 1 is 1.15 bits per heavy atom. The predicted octanol–water partition coefficient (Wildman–Crippen LogP) is 4.64. The SMILES string of the molecule is COc1c(C)cc(N2C=C3CCCN3C2c2ccc3cn[nH]c3c2)cc1C. The number of rotatable bonds is 3. The third kappa shape index (κ3) is 2.49. The first-order chi connectivity index (χ1) is 13.2. The van der Waals surface area contributed by atoms with Crippen LogP contribution in [0.3, 0.4) is 0 Å². The van der Waals surface area contributed by atoms with Crippen molar-refractivity contribution < 1.29 is 4.74 Å². The monoisotopic (exact) mass is 360 g/mol. The summed E-state index contributed by atoms with van der Waals surface area (Å²) in [7, 11) is 1.74. The van der Waals surface area contributed by atoms with Gasteiger partial charge in [0.1, 0.15) is 11.9 Å². The van der Waals surface area contributed by atoms with Gasteiger partial charge >= 0.3 is 0 Å². The Hall–Kier alpha value is -2.95. The van der Waals surface area contributed by atoms with Crippen LogP contribution in [0.5, 0.6) is 5.75 Å². The maximum atomic E-state index is 5.56. The number of ether oxygens (including phenoxy) is 1. The van der Waals surface area contributed by atoms with Gasteiger partial charge in [-0.2, -0.15) is 5.10 Å². The van der Waals surface area contributed by atoms with E-state index < -0.39 is 0 Å². The van der Waals surface area contributed by atoms with Gasteiger partial charge in [0, 0.05) is 29.5 Å². The molecule has 0 amide bonds. The Morgan fingerprint density at radius 3 is 2.74 bits per heavy atom. The number of hydrogen-bond donors (Lipinski definition) is 1. The molecule has 3 heterocycles. The molecule has 2 aliphatic heterocycles. The number of aromatic amines is 1. The fraction of sp³-hybridized carbons (Fsp3) is 0.318. The summed E-state index contributed by atoms with van der Waals surface area (Å²) in [6.45, 7) is 5.33. The average Bonchev–Trinajstić information content (AvgIpc) is 3.36. The van der Waals surface area contributed by atoms with E-state index >= 15 is 0 Å². The van der Waals surface area contributed by atoms with Crippen molar-refractivity contribution in [2.75, 3.05) is 18.6 Å². The molecular formula is C22H24N4O. The maximum Gasteiger partial charge on any atom is 0.132 e. The number of hydrogen-bond acceptors (Lipinski definition) is 4. The van der Waals surface area contributed by atoms with Crippen molar-refractivity contribution in [1.29, 1.82) is 0 Å². The van der Waals surface area contributed by atoms with Crippen molar-refractivity contribution in [3.63, 3.8) is 0 Å². The summed E-state index contributed by atoms with van der Waals surface area (Å²) in [5.41, 5.74) is 7.34. The van der Waals surface area contributed by atoms with Crippen LogP contribution in [0.2, 0.25) is 0 Å². The molecule has 27 heavy (non-hydrogen) atoms. The quantitative estimate of drug-likeness (QED) is 0.739. The summed E-state index contributed by atoms with van der Waals surface area (Å²) < 4.78 is 5.56. The molecule has 1 atom stereocenters. The van der Waals surface area contributed by atoms with E-state index in [0.29, 0.717) is 0 Å². The summed E-state index contributed by atoms with van der Waals surface area (Å²) in [4.78, 5) is 4.94. The van der Waals surface area contributed by atoms with Gasteiger partial charge in [0.25, 0.3) is 0 Å². The Labute approximate surface area is 159 Å². The minimum absolute atomic E-state index is 0.183. The molecule has 1 aromatic heterocycles. The van der Waals surface area contributed by atoms with Crippen molar-refractivity contribution >= 4 is 16.6 Å². The Balaban J connectivity index is 1.62. The second-order valence-corrected chi connectivity index (χ2v) is 7.53. The van der Waals surface area contributed by atoms with E-state index in [4.69, 9.17) is 4.74 Å². The molecule has 2 aromatic carbocycles. The fourth-order valence-corrected chi connectivity index (χ4v) is 4.59. The molecule has 5 rings (SSSR count). The van der Waals surface area contributed by atoms with Crippen LogP contribution >= 0.6 is 0 Å². The van der Waals surface area contributed by atoms with Crippen LogP contribution in [0.25, 0.3) is 10.9 Å². The lowest BCUT2D eigenvalue weighted by atomic mass is 10.1. The molecule has 2 aliphatic rings. The van der Waals surface area contributed by atoms with E-state index in [9.17, 15) is 0 Å². The van der Waals surface area contributed by atoms with Crippen molar-refractivity contribution in [3.8, 4) is 5.75 Å². The molecule has 5 heteroatoms. The van der Waals surface area contributed by atoms with Gasteiger partial charge in [-0.15, -0.1) is 0 Å². The summed E-state index contributed by atoms with van der Waals surface area (Å²) in [5, 5.41) is 8.43. The summed E-state index contributed by atoms with van der Waals surface area (Å²) in [6, 6.07) is 11.1. The number of aryl methyl sites for hydroxylation is 2. The fourth-order valence-electron chi connectivity index (χ4n) is 4.59. The highest BCUT2D eigenvalue weighted by Gasteiger charge is 2.37. The van der Waals surface area contributed by atoms with Crippen molar-refractivity contribution in [2.24, 2.45) is 0 Å². The van der Waals surface area contributed by atoms with Gasteiger partial charge in [-0.05, 0) is 61.6 Å². The van der Waals surface area contributed by atoms with Crippen LogP contribution < -0.4 is 9.64 Å². The Morgan fingerprint density at radius 2 is 1.96 bits per heavy atom. The zero-order valence-electron chi connectivity index (χ0n) is 16.0. The number of methoxy groups -OCH3 is 1. The van der Waals surface area contributed by atoms with Gasteiger partial charge in [0.05, 0.1) is 18.8 Å². The molecule has 0 spiro atoms. The molecular weight excluding hydrogens is 336 g/mol. The third-order valence-electron chi connectivity index (χ3n) is 5.76. The summed E-state index contributed by atoms with van der Waals surface area (Å²) >= 11 is 0. The normalized spacial score (nSPS) is 18.9. The number of benzene rings is 2. The van der Waals surface area contributed by atoms with E-state index in [-0.39, 0.29) is 6.17 Å². The smallest absolute Gasteiger partial charge is 0.132 e. The zero-order chi connectivity index (χ0) is 18.5. The lowest BCUT2D eigenvalue weighted by Gasteiger charge is -2.33. The van der Waals surface area contributed by atoms with Crippen LogP contribution in [0, 0.1) is 13.8 Å². The highest BCUT2D eigenvalue weighted by Crippen LogP contribution is 2.44. The van der Waals surface area contributed by atoms with Crippen LogP contribution in [-0.2, 0) is 0 Å². The predicted molar refractivity (Wildman–Crippen MR) is 108 cm³/mol. The van der Waals surface area contributed by atoms with Gasteiger partial charge in [-0.3, -0.25) is 5.10 Å². The number of nitrogens with one attached hydrogen (secondary N) is 1. The second kappa shape index (κ2) is 6.05. The molecule has 1 N–H and O–H groups in total. The number of fused-ring (bicyclic) bond motifs is 2. The molecule has 3 aromatic rings. The number of aromatic nitrogens is 2. The Kier molecular flexibility index (Phi) is 3.64. The standard InChI is InChI=1S/C22H24N4O/c1-14-9-19(10-15(2)21(14)27-3)26-13-18-5-4-8-25(18)22(26)16-6-7-17-12-23-24-20(17)11-16/h6-7,9-13,22H,4-5,8H2,1-3H3,(H,23,24). The summed E-state index contributed by atoms with van der Waals surface area (Å²) in [6.07, 6.45) is 6.76. The first-order valence-electron chi connectivity index (χ1n) is 9.49. The van der Waals surface area contributed by atoms with Crippen molar-refractivity contribution in [2.45, 2.75) is 32.9 Å². The van der Waals surface area contributed by atoms with Crippen LogP contribution in [0.4, 0.5) is 5.69 Å². The molecule has 0 aliphatic carbocycles. The minimum atomic E-state index is 0.183. The number of allylic oxidation sites excluding steroid dienone is 1. The van der Waals surface area contributed by atoms with Gasteiger partial charge in [-0.1, -0.05) is 12.1 Å². The topological polar surface area (TPSA) is 44.4 Å². The van der Waals surface area contributed by atoms with Crippen molar-refractivity contribution in [1.82, 2.24) is 15.1 Å². The van der Waals surface area contributed by atoms with Crippen LogP contribution in [0.15, 0.2) is 48.4 Å². The largest absolute Gasteiger partial charge is 0.496 e. The molecule has 1 saturated heterocycles. The third-order valence-corrected chi connectivity index (χ3v) is 5.76. The van der Waals surface area contributed by atoms with E-state index in [1.165, 1.54) is 34.5 Å². The highest BCUT2D eigenvalue weighted by atomic mass is 16.5. The lowest BCUT2D eigenvalue weighted by molar-refractivity contribution is 0.319. The first kappa shape index (κ1) is 16.2. The van der Waals surface area contributed by atoms with Gasteiger partial charge < -0.3 is 14.5 Å². The second-order valence-electron chi connectivity index (χ2n) is 7.53.